The molecular weight excluding hydrogens is 226 g/mol. The van der Waals surface area contributed by atoms with Gasteiger partial charge in [0.1, 0.15) is 11.4 Å². The number of aromatic nitrogens is 2. The molecule has 0 bridgehead atoms. The van der Waals surface area contributed by atoms with E-state index in [9.17, 15) is 0 Å². The number of rotatable bonds is 5. The van der Waals surface area contributed by atoms with E-state index in [0.29, 0.717) is 0 Å². The standard InChI is InChI=1S/C14H23N3O/c1-4-7-11-10-12(15-2)17-13(16-11)14(18-3)8-5-6-9-14/h10H,4-9H2,1-3H3,(H,15,16,17). The molecule has 1 aliphatic carbocycles. The highest BCUT2D eigenvalue weighted by atomic mass is 16.5. The zero-order valence-corrected chi connectivity index (χ0v) is 11.6. The number of nitrogens with zero attached hydrogens (tertiary/aromatic N) is 2. The van der Waals surface area contributed by atoms with Gasteiger partial charge in [-0.3, -0.25) is 0 Å². The van der Waals surface area contributed by atoms with Crippen LogP contribution < -0.4 is 5.32 Å². The first-order valence-corrected chi connectivity index (χ1v) is 6.85. The minimum atomic E-state index is -0.255. The lowest BCUT2D eigenvalue weighted by Gasteiger charge is -2.26. The summed E-state index contributed by atoms with van der Waals surface area (Å²) in [4.78, 5) is 9.33. The average molecular weight is 249 g/mol. The van der Waals surface area contributed by atoms with Crippen LogP contribution in [-0.4, -0.2) is 24.1 Å². The SMILES string of the molecule is CCCc1cc(NC)nc(C2(OC)CCCC2)n1. The van der Waals surface area contributed by atoms with Gasteiger partial charge in [-0.25, -0.2) is 9.97 Å². The monoisotopic (exact) mass is 249 g/mol. The zero-order chi connectivity index (χ0) is 13.0. The fourth-order valence-corrected chi connectivity index (χ4v) is 2.68. The molecule has 1 N–H and O–H groups in total. The van der Waals surface area contributed by atoms with E-state index >= 15 is 0 Å². The molecule has 18 heavy (non-hydrogen) atoms. The van der Waals surface area contributed by atoms with E-state index in [1.54, 1.807) is 7.11 Å². The number of hydrogen-bond donors (Lipinski definition) is 1. The van der Waals surface area contributed by atoms with E-state index in [-0.39, 0.29) is 5.60 Å². The highest BCUT2D eigenvalue weighted by molar-refractivity contribution is 5.36. The van der Waals surface area contributed by atoms with Crippen LogP contribution in [0.2, 0.25) is 0 Å². The molecule has 1 aromatic rings. The minimum Gasteiger partial charge on any atom is -0.373 e. The Kier molecular flexibility index (Phi) is 4.17. The lowest BCUT2D eigenvalue weighted by atomic mass is 10.0. The van der Waals surface area contributed by atoms with Crippen LogP contribution in [0.15, 0.2) is 6.07 Å². The predicted octanol–water partition coefficient (Wildman–Crippen LogP) is 2.89. The van der Waals surface area contributed by atoms with Crippen molar-refractivity contribution in [2.24, 2.45) is 0 Å². The Balaban J connectivity index is 2.38. The Morgan fingerprint density at radius 1 is 1.33 bits per heavy atom. The van der Waals surface area contributed by atoms with Crippen LogP contribution in [0.3, 0.4) is 0 Å². The van der Waals surface area contributed by atoms with Gasteiger partial charge in [0.2, 0.25) is 0 Å². The Hall–Kier alpha value is -1.16. The van der Waals surface area contributed by atoms with Crippen LogP contribution in [0.4, 0.5) is 5.82 Å². The van der Waals surface area contributed by atoms with Crippen LogP contribution in [0.5, 0.6) is 0 Å². The Morgan fingerprint density at radius 3 is 2.61 bits per heavy atom. The topological polar surface area (TPSA) is 47.0 Å². The van der Waals surface area contributed by atoms with Crippen LogP contribution in [0, 0.1) is 0 Å². The van der Waals surface area contributed by atoms with Gasteiger partial charge in [0.25, 0.3) is 0 Å². The summed E-state index contributed by atoms with van der Waals surface area (Å²) in [5.41, 5.74) is 0.852. The van der Waals surface area contributed by atoms with Gasteiger partial charge in [-0.2, -0.15) is 0 Å². The highest BCUT2D eigenvalue weighted by Crippen LogP contribution is 2.40. The minimum absolute atomic E-state index is 0.255. The van der Waals surface area contributed by atoms with E-state index in [1.807, 2.05) is 13.1 Å². The van der Waals surface area contributed by atoms with E-state index in [0.717, 1.165) is 43.0 Å². The van der Waals surface area contributed by atoms with Crippen molar-refractivity contribution in [1.29, 1.82) is 0 Å². The number of aryl methyl sites for hydroxylation is 1. The van der Waals surface area contributed by atoms with Crippen molar-refractivity contribution in [3.63, 3.8) is 0 Å². The van der Waals surface area contributed by atoms with Crippen molar-refractivity contribution >= 4 is 5.82 Å². The van der Waals surface area contributed by atoms with Crippen molar-refractivity contribution in [3.8, 4) is 0 Å². The van der Waals surface area contributed by atoms with E-state index in [4.69, 9.17) is 9.72 Å². The van der Waals surface area contributed by atoms with Gasteiger partial charge in [-0.05, 0) is 32.1 Å². The van der Waals surface area contributed by atoms with Gasteiger partial charge in [-0.1, -0.05) is 13.3 Å². The number of nitrogens with one attached hydrogen (secondary N) is 1. The quantitative estimate of drug-likeness (QED) is 0.871. The van der Waals surface area contributed by atoms with Crippen LogP contribution in [0.25, 0.3) is 0 Å². The Labute approximate surface area is 109 Å². The third-order valence-electron chi connectivity index (χ3n) is 3.75. The van der Waals surface area contributed by atoms with Crippen LogP contribution in [0.1, 0.15) is 50.5 Å². The molecule has 0 aliphatic heterocycles. The molecule has 0 saturated heterocycles. The van der Waals surface area contributed by atoms with E-state index < -0.39 is 0 Å². The second kappa shape index (κ2) is 5.65. The van der Waals surface area contributed by atoms with Gasteiger partial charge in [0, 0.05) is 25.9 Å². The molecular formula is C14H23N3O. The lowest BCUT2D eigenvalue weighted by Crippen LogP contribution is -2.28. The maximum absolute atomic E-state index is 5.76. The molecule has 100 valence electrons. The normalized spacial score (nSPS) is 17.9. The molecule has 0 atom stereocenters. The molecule has 1 fully saturated rings. The first kappa shape index (κ1) is 13.3. The number of ether oxygens (including phenoxy) is 1. The third-order valence-corrected chi connectivity index (χ3v) is 3.75. The summed E-state index contributed by atoms with van der Waals surface area (Å²) in [5, 5.41) is 3.12. The molecule has 1 aliphatic rings. The lowest BCUT2D eigenvalue weighted by molar-refractivity contribution is -0.0163. The van der Waals surface area contributed by atoms with Gasteiger partial charge in [0.15, 0.2) is 5.82 Å². The summed E-state index contributed by atoms with van der Waals surface area (Å²) >= 11 is 0. The summed E-state index contributed by atoms with van der Waals surface area (Å²) in [6.45, 7) is 2.17. The van der Waals surface area contributed by atoms with Crippen molar-refractivity contribution in [3.05, 3.63) is 17.6 Å². The smallest absolute Gasteiger partial charge is 0.162 e. The van der Waals surface area contributed by atoms with E-state index in [2.05, 4.69) is 17.2 Å². The summed E-state index contributed by atoms with van der Waals surface area (Å²) in [6.07, 6.45) is 6.54. The summed E-state index contributed by atoms with van der Waals surface area (Å²) in [7, 11) is 3.68. The fourth-order valence-electron chi connectivity index (χ4n) is 2.68. The van der Waals surface area contributed by atoms with Crippen molar-refractivity contribution < 1.29 is 4.74 Å². The molecule has 0 unspecified atom stereocenters. The fraction of sp³-hybridized carbons (Fsp3) is 0.714. The maximum atomic E-state index is 5.76. The largest absolute Gasteiger partial charge is 0.373 e. The Bertz CT molecular complexity index is 400. The first-order chi connectivity index (χ1) is 8.74. The van der Waals surface area contributed by atoms with E-state index in [1.165, 1.54) is 12.8 Å². The van der Waals surface area contributed by atoms with Gasteiger partial charge < -0.3 is 10.1 Å². The first-order valence-electron chi connectivity index (χ1n) is 6.85. The highest BCUT2D eigenvalue weighted by Gasteiger charge is 2.38. The molecule has 0 aromatic carbocycles. The van der Waals surface area contributed by atoms with Crippen LogP contribution >= 0.6 is 0 Å². The molecule has 1 aromatic heterocycles. The van der Waals surface area contributed by atoms with Gasteiger partial charge >= 0.3 is 0 Å². The second-order valence-corrected chi connectivity index (χ2v) is 4.97. The summed E-state index contributed by atoms with van der Waals surface area (Å²) < 4.78 is 5.76. The van der Waals surface area contributed by atoms with Crippen molar-refractivity contribution in [2.75, 3.05) is 19.5 Å². The van der Waals surface area contributed by atoms with Crippen molar-refractivity contribution in [1.82, 2.24) is 9.97 Å². The maximum Gasteiger partial charge on any atom is 0.162 e. The van der Waals surface area contributed by atoms with Crippen LogP contribution in [-0.2, 0) is 16.8 Å². The number of methoxy groups -OCH3 is 1. The van der Waals surface area contributed by atoms with Gasteiger partial charge in [0.05, 0.1) is 0 Å². The predicted molar refractivity (Wildman–Crippen MR) is 72.7 cm³/mol. The molecule has 4 nitrogen and oxygen atoms in total. The van der Waals surface area contributed by atoms with Gasteiger partial charge in [-0.15, -0.1) is 0 Å². The molecule has 4 heteroatoms. The zero-order valence-electron chi connectivity index (χ0n) is 11.6. The van der Waals surface area contributed by atoms with Crippen molar-refractivity contribution in [2.45, 2.75) is 51.0 Å². The second-order valence-electron chi connectivity index (χ2n) is 4.97. The third kappa shape index (κ3) is 2.48. The molecule has 1 saturated carbocycles. The molecule has 0 radical (unpaired) electrons. The molecule has 0 spiro atoms. The molecule has 2 rings (SSSR count). The molecule has 0 amide bonds. The Morgan fingerprint density at radius 2 is 2.06 bits per heavy atom. The summed E-state index contributed by atoms with van der Waals surface area (Å²) in [6, 6.07) is 2.03. The number of hydrogen-bond acceptors (Lipinski definition) is 4. The number of anilines is 1. The molecule has 1 heterocycles. The average Bonchev–Trinajstić information content (AvgIpc) is 2.88. The summed E-state index contributed by atoms with van der Waals surface area (Å²) in [5.74, 6) is 1.75.